The third-order valence-electron chi connectivity index (χ3n) is 2.55. The van der Waals surface area contributed by atoms with Crippen molar-refractivity contribution in [3.8, 4) is 0 Å². The fraction of sp³-hybridized carbons (Fsp3) is 0.556. The predicted molar refractivity (Wildman–Crippen MR) is 48.0 cm³/mol. The summed E-state index contributed by atoms with van der Waals surface area (Å²) in [7, 11) is 1.97. The molecule has 0 aromatic carbocycles. The number of fused-ring (bicyclic) bond motifs is 1. The molecule has 1 aromatic heterocycles. The second-order valence-corrected chi connectivity index (χ2v) is 3.44. The molecule has 1 amide bonds. The first-order valence-corrected chi connectivity index (χ1v) is 4.43. The summed E-state index contributed by atoms with van der Waals surface area (Å²) >= 11 is 0. The Kier molecular flexibility index (Phi) is 1.83. The van der Waals surface area contributed by atoms with Crippen LogP contribution in [0.15, 0.2) is 6.33 Å². The zero-order chi connectivity index (χ0) is 9.42. The van der Waals surface area contributed by atoms with Crippen LogP contribution in [0, 0.1) is 0 Å². The number of amides is 1. The van der Waals surface area contributed by atoms with Crippen molar-refractivity contribution >= 4 is 5.91 Å². The monoisotopic (exact) mass is 179 g/mol. The molecular weight excluding hydrogens is 166 g/mol. The topological polar surface area (TPSA) is 38.1 Å². The van der Waals surface area contributed by atoms with Crippen LogP contribution in [0.25, 0.3) is 0 Å². The van der Waals surface area contributed by atoms with Crippen LogP contribution in [-0.4, -0.2) is 26.9 Å². The van der Waals surface area contributed by atoms with Gasteiger partial charge in [0, 0.05) is 26.9 Å². The summed E-state index contributed by atoms with van der Waals surface area (Å²) in [6, 6.07) is 0. The van der Waals surface area contributed by atoms with E-state index in [0.717, 1.165) is 18.7 Å². The maximum atomic E-state index is 11.1. The zero-order valence-electron chi connectivity index (χ0n) is 7.95. The summed E-state index contributed by atoms with van der Waals surface area (Å²) in [6.07, 6.45) is 2.70. The van der Waals surface area contributed by atoms with E-state index in [4.69, 9.17) is 0 Å². The van der Waals surface area contributed by atoms with Crippen molar-refractivity contribution in [2.24, 2.45) is 7.05 Å². The van der Waals surface area contributed by atoms with E-state index in [0.29, 0.717) is 6.54 Å². The van der Waals surface area contributed by atoms with Crippen molar-refractivity contribution in [2.75, 3.05) is 6.54 Å². The van der Waals surface area contributed by atoms with Crippen LogP contribution in [0.1, 0.15) is 18.3 Å². The van der Waals surface area contributed by atoms with Crippen molar-refractivity contribution in [1.82, 2.24) is 14.5 Å². The first-order chi connectivity index (χ1) is 6.18. The lowest BCUT2D eigenvalue weighted by molar-refractivity contribution is -0.129. The van der Waals surface area contributed by atoms with Gasteiger partial charge in [-0.2, -0.15) is 0 Å². The fourth-order valence-corrected chi connectivity index (χ4v) is 1.69. The highest BCUT2D eigenvalue weighted by atomic mass is 16.2. The van der Waals surface area contributed by atoms with Gasteiger partial charge in [0.05, 0.1) is 24.3 Å². The predicted octanol–water partition coefficient (Wildman–Crippen LogP) is 0.325. The lowest BCUT2D eigenvalue weighted by Gasteiger charge is -2.25. The molecule has 0 fully saturated rings. The van der Waals surface area contributed by atoms with E-state index in [1.54, 1.807) is 6.92 Å². The van der Waals surface area contributed by atoms with Gasteiger partial charge < -0.3 is 9.47 Å². The first-order valence-electron chi connectivity index (χ1n) is 4.43. The largest absolute Gasteiger partial charge is 0.337 e. The summed E-state index contributed by atoms with van der Waals surface area (Å²) in [4.78, 5) is 17.3. The minimum absolute atomic E-state index is 0.145. The number of aromatic nitrogens is 2. The molecule has 4 nitrogen and oxygen atoms in total. The highest BCUT2D eigenvalue weighted by Gasteiger charge is 2.20. The standard InChI is InChI=1S/C9H13N3O/c1-7(13)12-4-3-8-9(5-12)11(2)6-10-8/h6H,3-5H2,1-2H3. The van der Waals surface area contributed by atoms with Gasteiger partial charge in [-0.25, -0.2) is 4.98 Å². The molecule has 2 rings (SSSR count). The molecule has 2 heterocycles. The number of hydrogen-bond acceptors (Lipinski definition) is 2. The average molecular weight is 179 g/mol. The van der Waals surface area contributed by atoms with E-state index in [1.165, 1.54) is 5.69 Å². The molecular formula is C9H13N3O. The van der Waals surface area contributed by atoms with Crippen molar-refractivity contribution < 1.29 is 4.79 Å². The van der Waals surface area contributed by atoms with E-state index < -0.39 is 0 Å². The van der Waals surface area contributed by atoms with Crippen LogP contribution >= 0.6 is 0 Å². The van der Waals surface area contributed by atoms with Crippen molar-refractivity contribution in [2.45, 2.75) is 19.9 Å². The number of carbonyl (C=O) groups is 1. The van der Waals surface area contributed by atoms with Crippen LogP contribution in [0.3, 0.4) is 0 Å². The van der Waals surface area contributed by atoms with Gasteiger partial charge in [-0.1, -0.05) is 0 Å². The molecule has 0 bridgehead atoms. The Morgan fingerprint density at radius 1 is 1.62 bits per heavy atom. The molecule has 0 saturated heterocycles. The molecule has 13 heavy (non-hydrogen) atoms. The Bertz CT molecular complexity index is 343. The smallest absolute Gasteiger partial charge is 0.219 e. The molecule has 0 saturated carbocycles. The Labute approximate surface area is 77.2 Å². The zero-order valence-corrected chi connectivity index (χ0v) is 7.95. The maximum absolute atomic E-state index is 11.1. The number of aryl methyl sites for hydroxylation is 1. The van der Waals surface area contributed by atoms with Crippen LogP contribution in [0.4, 0.5) is 0 Å². The minimum atomic E-state index is 0.145. The molecule has 1 aliphatic rings. The Morgan fingerprint density at radius 2 is 2.38 bits per heavy atom. The molecule has 1 aromatic rings. The number of hydrogen-bond donors (Lipinski definition) is 0. The van der Waals surface area contributed by atoms with Crippen LogP contribution < -0.4 is 0 Å². The second kappa shape index (κ2) is 2.87. The van der Waals surface area contributed by atoms with Gasteiger partial charge in [-0.3, -0.25) is 4.79 Å². The Morgan fingerprint density at radius 3 is 3.08 bits per heavy atom. The van der Waals surface area contributed by atoms with Crippen LogP contribution in [-0.2, 0) is 24.8 Å². The molecule has 0 aliphatic carbocycles. The first kappa shape index (κ1) is 8.29. The van der Waals surface area contributed by atoms with Crippen LogP contribution in [0.2, 0.25) is 0 Å². The van der Waals surface area contributed by atoms with E-state index in [1.807, 2.05) is 22.8 Å². The number of rotatable bonds is 0. The highest BCUT2D eigenvalue weighted by Crippen LogP contribution is 2.16. The normalized spacial score (nSPS) is 15.7. The van der Waals surface area contributed by atoms with Gasteiger partial charge in [0.15, 0.2) is 0 Å². The molecule has 0 atom stereocenters. The second-order valence-electron chi connectivity index (χ2n) is 3.44. The van der Waals surface area contributed by atoms with Crippen LogP contribution in [0.5, 0.6) is 0 Å². The summed E-state index contributed by atoms with van der Waals surface area (Å²) in [5, 5.41) is 0. The number of imidazole rings is 1. The summed E-state index contributed by atoms with van der Waals surface area (Å²) in [6.45, 7) is 3.13. The van der Waals surface area contributed by atoms with E-state index in [-0.39, 0.29) is 5.91 Å². The molecule has 0 radical (unpaired) electrons. The van der Waals surface area contributed by atoms with Gasteiger partial charge in [0.25, 0.3) is 0 Å². The minimum Gasteiger partial charge on any atom is -0.337 e. The van der Waals surface area contributed by atoms with Crippen molar-refractivity contribution in [3.63, 3.8) is 0 Å². The van der Waals surface area contributed by atoms with Gasteiger partial charge in [-0.15, -0.1) is 0 Å². The van der Waals surface area contributed by atoms with E-state index in [2.05, 4.69) is 4.98 Å². The molecule has 0 spiro atoms. The maximum Gasteiger partial charge on any atom is 0.219 e. The molecule has 4 heteroatoms. The summed E-state index contributed by atoms with van der Waals surface area (Å²) in [5.41, 5.74) is 2.31. The molecule has 1 aliphatic heterocycles. The average Bonchev–Trinajstić information content (AvgIpc) is 2.47. The van der Waals surface area contributed by atoms with Gasteiger partial charge in [-0.05, 0) is 0 Å². The lowest BCUT2D eigenvalue weighted by atomic mass is 10.1. The Hall–Kier alpha value is -1.32. The third kappa shape index (κ3) is 1.32. The molecule has 0 unspecified atom stereocenters. The summed E-state index contributed by atoms with van der Waals surface area (Å²) < 4.78 is 1.99. The Balaban J connectivity index is 2.27. The highest BCUT2D eigenvalue weighted by molar-refractivity contribution is 5.73. The van der Waals surface area contributed by atoms with E-state index >= 15 is 0 Å². The SMILES string of the molecule is CC(=O)N1CCc2ncn(C)c2C1. The summed E-state index contributed by atoms with van der Waals surface area (Å²) in [5.74, 6) is 0.145. The number of nitrogens with zero attached hydrogens (tertiary/aromatic N) is 3. The van der Waals surface area contributed by atoms with Gasteiger partial charge in [0.2, 0.25) is 5.91 Å². The lowest BCUT2D eigenvalue weighted by Crippen LogP contribution is -2.34. The quantitative estimate of drug-likeness (QED) is 0.575. The van der Waals surface area contributed by atoms with Gasteiger partial charge >= 0.3 is 0 Å². The number of carbonyl (C=O) groups excluding carboxylic acids is 1. The molecule has 70 valence electrons. The third-order valence-corrected chi connectivity index (χ3v) is 2.55. The fourth-order valence-electron chi connectivity index (χ4n) is 1.69. The van der Waals surface area contributed by atoms with E-state index in [9.17, 15) is 4.79 Å². The molecule has 0 N–H and O–H groups in total. The van der Waals surface area contributed by atoms with Crippen molar-refractivity contribution in [1.29, 1.82) is 0 Å². The van der Waals surface area contributed by atoms with Gasteiger partial charge in [0.1, 0.15) is 0 Å². The van der Waals surface area contributed by atoms with Crippen molar-refractivity contribution in [3.05, 3.63) is 17.7 Å².